The lowest BCUT2D eigenvalue weighted by Crippen LogP contribution is -2.38. The van der Waals surface area contributed by atoms with Crippen LogP contribution in [0.3, 0.4) is 0 Å². The molecule has 7 heteroatoms. The molecule has 0 aliphatic heterocycles. The van der Waals surface area contributed by atoms with Crippen molar-refractivity contribution in [2.45, 2.75) is 19.9 Å². The molecule has 0 aliphatic carbocycles. The van der Waals surface area contributed by atoms with Crippen LogP contribution in [0.5, 0.6) is 0 Å². The predicted octanol–water partition coefficient (Wildman–Crippen LogP) is 3.75. The van der Waals surface area contributed by atoms with Crippen LogP contribution in [0.25, 0.3) is 0 Å². The van der Waals surface area contributed by atoms with Crippen LogP contribution in [-0.4, -0.2) is 19.0 Å². The van der Waals surface area contributed by atoms with Crippen LogP contribution >= 0.6 is 24.0 Å². The Morgan fingerprint density at radius 1 is 1.12 bits per heavy atom. The number of guanidine groups is 1. The number of aliphatic imine (C=N–C) groups is 1. The smallest absolute Gasteiger partial charge is 0.191 e. The van der Waals surface area contributed by atoms with E-state index in [-0.39, 0.29) is 24.0 Å². The zero-order chi connectivity index (χ0) is 18.1. The number of benzene rings is 2. The summed E-state index contributed by atoms with van der Waals surface area (Å²) in [4.78, 5) is 4.45. The van der Waals surface area contributed by atoms with E-state index in [1.165, 1.54) is 6.07 Å². The lowest BCUT2D eigenvalue weighted by Gasteiger charge is -2.11. The topological polar surface area (TPSA) is 60.2 Å². The molecule has 4 nitrogen and oxygen atoms in total. The standard InChI is InChI=1S/C19H20F2N4.HI/c1-2-23-19(25-13-15-5-3-14(12-22)4-6-15)24-10-9-16-11-17(20)7-8-18(16)21;/h3-8,11H,2,9-10,13H2,1H3,(H2,23,24,25);1H. The van der Waals surface area contributed by atoms with Crippen molar-refractivity contribution in [3.8, 4) is 6.07 Å². The Kier molecular flexibility index (Phi) is 9.58. The third kappa shape index (κ3) is 6.96. The van der Waals surface area contributed by atoms with E-state index < -0.39 is 11.6 Å². The van der Waals surface area contributed by atoms with Gasteiger partial charge in [-0.3, -0.25) is 0 Å². The highest BCUT2D eigenvalue weighted by atomic mass is 127. The van der Waals surface area contributed by atoms with Gasteiger partial charge in [-0.1, -0.05) is 12.1 Å². The molecular weight excluding hydrogens is 449 g/mol. The fourth-order valence-electron chi connectivity index (χ4n) is 2.25. The first-order chi connectivity index (χ1) is 12.1. The van der Waals surface area contributed by atoms with Crippen LogP contribution in [0, 0.1) is 23.0 Å². The summed E-state index contributed by atoms with van der Waals surface area (Å²) in [5.41, 5.74) is 1.91. The minimum Gasteiger partial charge on any atom is -0.357 e. The highest BCUT2D eigenvalue weighted by Gasteiger charge is 2.04. The average molecular weight is 470 g/mol. The van der Waals surface area contributed by atoms with Crippen LogP contribution in [0.1, 0.15) is 23.6 Å². The van der Waals surface area contributed by atoms with Gasteiger partial charge < -0.3 is 10.6 Å². The molecular formula is C19H21F2IN4. The number of halogens is 3. The quantitative estimate of drug-likeness (QED) is 0.384. The van der Waals surface area contributed by atoms with E-state index in [1.807, 2.05) is 19.1 Å². The molecule has 2 N–H and O–H groups in total. The molecule has 0 saturated carbocycles. The van der Waals surface area contributed by atoms with E-state index in [2.05, 4.69) is 21.7 Å². The van der Waals surface area contributed by atoms with Crippen molar-refractivity contribution in [1.82, 2.24) is 10.6 Å². The molecule has 2 aromatic carbocycles. The summed E-state index contributed by atoms with van der Waals surface area (Å²) in [6.45, 7) is 3.52. The third-order valence-corrected chi connectivity index (χ3v) is 3.54. The highest BCUT2D eigenvalue weighted by molar-refractivity contribution is 14.0. The second-order valence-electron chi connectivity index (χ2n) is 5.42. The third-order valence-electron chi connectivity index (χ3n) is 3.54. The first kappa shape index (κ1) is 21.8. The predicted molar refractivity (Wildman–Crippen MR) is 109 cm³/mol. The molecule has 0 heterocycles. The second kappa shape index (κ2) is 11.4. The van der Waals surface area contributed by atoms with Gasteiger partial charge in [0.1, 0.15) is 11.6 Å². The normalized spacial score (nSPS) is 10.6. The van der Waals surface area contributed by atoms with Gasteiger partial charge in [-0.25, -0.2) is 13.8 Å². The number of nitrogens with zero attached hydrogens (tertiary/aromatic N) is 2. The van der Waals surface area contributed by atoms with E-state index in [9.17, 15) is 8.78 Å². The van der Waals surface area contributed by atoms with Crippen LogP contribution in [0.15, 0.2) is 47.5 Å². The van der Waals surface area contributed by atoms with E-state index in [0.717, 1.165) is 17.7 Å². The molecule has 0 saturated heterocycles. The maximum absolute atomic E-state index is 13.6. The van der Waals surface area contributed by atoms with Gasteiger partial charge in [0.15, 0.2) is 5.96 Å². The lowest BCUT2D eigenvalue weighted by molar-refractivity contribution is 0.583. The van der Waals surface area contributed by atoms with Gasteiger partial charge in [-0.15, -0.1) is 24.0 Å². The summed E-state index contributed by atoms with van der Waals surface area (Å²) in [7, 11) is 0. The van der Waals surface area contributed by atoms with Gasteiger partial charge in [0.2, 0.25) is 0 Å². The molecule has 0 radical (unpaired) electrons. The fraction of sp³-hybridized carbons (Fsp3) is 0.263. The first-order valence-corrected chi connectivity index (χ1v) is 8.07. The van der Waals surface area contributed by atoms with Crippen molar-refractivity contribution in [3.63, 3.8) is 0 Å². The Labute approximate surface area is 169 Å². The largest absolute Gasteiger partial charge is 0.357 e. The van der Waals surface area contributed by atoms with Gasteiger partial charge in [0.05, 0.1) is 18.2 Å². The molecule has 2 aromatic rings. The summed E-state index contributed by atoms with van der Waals surface area (Å²) < 4.78 is 26.8. The lowest BCUT2D eigenvalue weighted by atomic mass is 10.1. The molecule has 26 heavy (non-hydrogen) atoms. The van der Waals surface area contributed by atoms with E-state index in [4.69, 9.17) is 5.26 Å². The molecule has 0 fully saturated rings. The number of hydrogen-bond donors (Lipinski definition) is 2. The summed E-state index contributed by atoms with van der Waals surface area (Å²) >= 11 is 0. The van der Waals surface area contributed by atoms with Gasteiger partial charge in [-0.05, 0) is 54.8 Å². The molecule has 0 spiro atoms. The van der Waals surface area contributed by atoms with Crippen molar-refractivity contribution >= 4 is 29.9 Å². The van der Waals surface area contributed by atoms with Crippen LogP contribution in [-0.2, 0) is 13.0 Å². The molecule has 0 aliphatic rings. The van der Waals surface area contributed by atoms with Crippen molar-refractivity contribution in [3.05, 3.63) is 70.8 Å². The zero-order valence-corrected chi connectivity index (χ0v) is 16.8. The molecule has 0 atom stereocenters. The van der Waals surface area contributed by atoms with Gasteiger partial charge in [0.25, 0.3) is 0 Å². The monoisotopic (exact) mass is 470 g/mol. The Balaban J connectivity index is 0.00000338. The summed E-state index contributed by atoms with van der Waals surface area (Å²) in [5.74, 6) is -0.260. The molecule has 138 valence electrons. The SMILES string of the molecule is CCNC(=NCc1ccc(C#N)cc1)NCCc1cc(F)ccc1F.I. The van der Waals surface area contributed by atoms with Crippen molar-refractivity contribution in [2.24, 2.45) is 4.99 Å². The van der Waals surface area contributed by atoms with E-state index in [1.54, 1.807) is 12.1 Å². The molecule has 0 amide bonds. The van der Waals surface area contributed by atoms with Crippen molar-refractivity contribution < 1.29 is 8.78 Å². The Morgan fingerprint density at radius 2 is 1.85 bits per heavy atom. The Bertz CT molecular complexity index is 770. The first-order valence-electron chi connectivity index (χ1n) is 8.07. The van der Waals surface area contributed by atoms with Gasteiger partial charge in [0, 0.05) is 13.1 Å². The van der Waals surface area contributed by atoms with Crippen LogP contribution in [0.4, 0.5) is 8.78 Å². The zero-order valence-electron chi connectivity index (χ0n) is 14.4. The summed E-state index contributed by atoms with van der Waals surface area (Å²) in [5, 5.41) is 15.0. The van der Waals surface area contributed by atoms with Gasteiger partial charge in [-0.2, -0.15) is 5.26 Å². The van der Waals surface area contributed by atoms with Crippen molar-refractivity contribution in [1.29, 1.82) is 5.26 Å². The molecule has 0 aromatic heterocycles. The minimum atomic E-state index is -0.446. The number of rotatable bonds is 6. The maximum Gasteiger partial charge on any atom is 0.191 e. The minimum absolute atomic E-state index is 0. The van der Waals surface area contributed by atoms with Gasteiger partial charge >= 0.3 is 0 Å². The molecule has 0 bridgehead atoms. The molecule has 0 unspecified atom stereocenters. The maximum atomic E-state index is 13.6. The highest BCUT2D eigenvalue weighted by Crippen LogP contribution is 2.10. The summed E-state index contributed by atoms with van der Waals surface area (Å²) in [6, 6.07) is 12.7. The van der Waals surface area contributed by atoms with Crippen LogP contribution < -0.4 is 10.6 Å². The number of hydrogen-bond acceptors (Lipinski definition) is 2. The number of nitriles is 1. The number of nitrogens with one attached hydrogen (secondary N) is 2. The fourth-order valence-corrected chi connectivity index (χ4v) is 2.25. The van der Waals surface area contributed by atoms with E-state index in [0.29, 0.717) is 43.1 Å². The second-order valence-corrected chi connectivity index (χ2v) is 5.42. The Hall–Kier alpha value is -2.21. The van der Waals surface area contributed by atoms with Crippen LogP contribution in [0.2, 0.25) is 0 Å². The summed E-state index contributed by atoms with van der Waals surface area (Å²) in [6.07, 6.45) is 0.352. The Morgan fingerprint density at radius 3 is 2.50 bits per heavy atom. The van der Waals surface area contributed by atoms with Crippen molar-refractivity contribution in [2.75, 3.05) is 13.1 Å². The average Bonchev–Trinajstić information content (AvgIpc) is 2.63. The van der Waals surface area contributed by atoms with E-state index >= 15 is 0 Å². The molecule has 2 rings (SSSR count).